The predicted octanol–water partition coefficient (Wildman–Crippen LogP) is 5.06. The van der Waals surface area contributed by atoms with Gasteiger partial charge in [-0.15, -0.1) is 0 Å². The van der Waals surface area contributed by atoms with Crippen LogP contribution in [-0.4, -0.2) is 33.8 Å². The van der Waals surface area contributed by atoms with Gasteiger partial charge in [-0.05, 0) is 60.7 Å². The number of anilines is 1. The Balaban J connectivity index is 1.35. The number of fused-ring (bicyclic) bond motifs is 1. The van der Waals surface area contributed by atoms with Crippen molar-refractivity contribution >= 4 is 16.7 Å². The zero-order valence-electron chi connectivity index (χ0n) is 23.3. The van der Waals surface area contributed by atoms with Crippen molar-refractivity contribution in [2.75, 3.05) is 24.5 Å². The minimum atomic E-state index is -0.164. The number of hydrogen-bond donors (Lipinski definition) is 1. The fourth-order valence-corrected chi connectivity index (χ4v) is 5.41. The zero-order chi connectivity index (χ0) is 28.2. The molecule has 0 spiro atoms. The van der Waals surface area contributed by atoms with Crippen molar-refractivity contribution in [1.82, 2.24) is 14.1 Å². The Morgan fingerprint density at radius 2 is 1.49 bits per heavy atom. The van der Waals surface area contributed by atoms with E-state index in [1.54, 1.807) is 22.2 Å². The van der Waals surface area contributed by atoms with Gasteiger partial charge in [0.15, 0.2) is 0 Å². The smallest absolute Gasteiger partial charge is 0.333 e. The van der Waals surface area contributed by atoms with Crippen LogP contribution in [0.3, 0.4) is 0 Å². The van der Waals surface area contributed by atoms with Gasteiger partial charge in [0.05, 0.1) is 11.0 Å². The van der Waals surface area contributed by atoms with Crippen LogP contribution in [0, 0.1) is 5.92 Å². The average molecular weight is 550 g/mol. The average Bonchev–Trinajstić information content (AvgIpc) is 3.28. The number of ether oxygens (including phenoxy) is 2. The molecular formula is C33H35N5O3. The van der Waals surface area contributed by atoms with Gasteiger partial charge in [0.2, 0.25) is 11.8 Å². The van der Waals surface area contributed by atoms with E-state index in [0.29, 0.717) is 36.6 Å². The molecule has 0 bridgehead atoms. The third-order valence-electron chi connectivity index (χ3n) is 7.86. The number of benzene rings is 3. The summed E-state index contributed by atoms with van der Waals surface area (Å²) in [5.74, 6) is 1.35. The molecule has 0 amide bonds. The second-order valence-electron chi connectivity index (χ2n) is 10.5. The van der Waals surface area contributed by atoms with E-state index in [-0.39, 0.29) is 5.69 Å². The Bertz CT molecular complexity index is 1670. The fourth-order valence-electron chi connectivity index (χ4n) is 5.41. The number of aromatic nitrogens is 3. The summed E-state index contributed by atoms with van der Waals surface area (Å²) >= 11 is 0. The lowest BCUT2D eigenvalue weighted by molar-refractivity contribution is 0.267. The first kappa shape index (κ1) is 26.7. The highest BCUT2D eigenvalue weighted by Crippen LogP contribution is 2.30. The van der Waals surface area contributed by atoms with Crippen LogP contribution in [0.25, 0.3) is 16.7 Å². The highest BCUT2D eigenvalue weighted by Gasteiger charge is 2.22. The maximum Gasteiger partial charge on any atom is 0.333 e. The fraction of sp³-hybridized carbons (Fsp3) is 0.273. The number of nitrogens with two attached hydrogens (primary N) is 1. The predicted molar refractivity (Wildman–Crippen MR) is 162 cm³/mol. The Hall–Kier alpha value is -4.56. The molecule has 1 saturated heterocycles. The van der Waals surface area contributed by atoms with Crippen LogP contribution in [0.1, 0.15) is 24.0 Å². The van der Waals surface area contributed by atoms with E-state index in [0.717, 1.165) is 60.3 Å². The minimum Gasteiger partial charge on any atom is -0.473 e. The summed E-state index contributed by atoms with van der Waals surface area (Å²) in [6.07, 6.45) is 2.17. The molecule has 8 nitrogen and oxygen atoms in total. The highest BCUT2D eigenvalue weighted by atomic mass is 16.5. The zero-order valence-corrected chi connectivity index (χ0v) is 23.3. The number of piperidine rings is 1. The lowest BCUT2D eigenvalue weighted by Crippen LogP contribution is -2.36. The summed E-state index contributed by atoms with van der Waals surface area (Å²) in [6.45, 7) is 3.36. The molecule has 0 saturated carbocycles. The summed E-state index contributed by atoms with van der Waals surface area (Å²) in [4.78, 5) is 20.8. The van der Waals surface area contributed by atoms with E-state index in [1.165, 1.54) is 0 Å². The van der Waals surface area contributed by atoms with Gasteiger partial charge in [-0.3, -0.25) is 9.13 Å². The Morgan fingerprint density at radius 1 is 0.829 bits per heavy atom. The van der Waals surface area contributed by atoms with Crippen LogP contribution in [0.2, 0.25) is 0 Å². The summed E-state index contributed by atoms with van der Waals surface area (Å²) < 4.78 is 15.6. The first-order chi connectivity index (χ1) is 20.1. The number of aryl methyl sites for hydroxylation is 1. The Labute approximate surface area is 239 Å². The summed E-state index contributed by atoms with van der Waals surface area (Å²) in [6, 6.07) is 29.7. The lowest BCUT2D eigenvalue weighted by atomic mass is 9.97. The van der Waals surface area contributed by atoms with Crippen molar-refractivity contribution in [3.8, 4) is 17.4 Å². The quantitative estimate of drug-likeness (QED) is 0.277. The largest absolute Gasteiger partial charge is 0.473 e. The monoisotopic (exact) mass is 549 g/mol. The first-order valence-corrected chi connectivity index (χ1v) is 14.1. The van der Waals surface area contributed by atoms with E-state index in [2.05, 4.69) is 17.0 Å². The Morgan fingerprint density at radius 3 is 2.15 bits per heavy atom. The van der Waals surface area contributed by atoms with E-state index in [4.69, 9.17) is 20.2 Å². The molecule has 8 heteroatoms. The molecule has 2 N–H and O–H groups in total. The van der Waals surface area contributed by atoms with Gasteiger partial charge in [0.1, 0.15) is 18.9 Å². The van der Waals surface area contributed by atoms with Crippen molar-refractivity contribution in [1.29, 1.82) is 0 Å². The number of nitrogens with zero attached hydrogens (tertiary/aromatic N) is 4. The molecule has 1 fully saturated rings. The molecule has 2 aromatic heterocycles. The Kier molecular flexibility index (Phi) is 7.73. The molecule has 5 aromatic rings. The number of imidazole rings is 1. The summed E-state index contributed by atoms with van der Waals surface area (Å²) in [5.41, 5.74) is 11.1. The molecule has 3 aromatic carbocycles. The van der Waals surface area contributed by atoms with Crippen LogP contribution in [-0.2, 0) is 20.3 Å². The van der Waals surface area contributed by atoms with Crippen LogP contribution >= 0.6 is 0 Å². The van der Waals surface area contributed by atoms with Gasteiger partial charge in [0.25, 0.3) is 0 Å². The molecule has 1 aliphatic rings. The number of hydrogen-bond acceptors (Lipinski definition) is 6. The van der Waals surface area contributed by atoms with Crippen LogP contribution < -0.4 is 25.8 Å². The molecule has 0 unspecified atom stereocenters. The van der Waals surface area contributed by atoms with Crippen LogP contribution in [0.15, 0.2) is 95.8 Å². The summed E-state index contributed by atoms with van der Waals surface area (Å²) in [5, 5.41) is 0. The third-order valence-corrected chi connectivity index (χ3v) is 7.86. The summed E-state index contributed by atoms with van der Waals surface area (Å²) in [7, 11) is 1.81. The van der Waals surface area contributed by atoms with Crippen molar-refractivity contribution in [2.45, 2.75) is 26.1 Å². The SMILES string of the molecule is Cn1c(=O)n(-c2ccc(OCc3ccccc3)nc2OCc2ccccc2)c2ccc(N3CCC(CN)CC3)cc21. The lowest BCUT2D eigenvalue weighted by Gasteiger charge is -2.33. The van der Waals surface area contributed by atoms with Gasteiger partial charge in [-0.25, -0.2) is 4.79 Å². The number of pyridine rings is 1. The van der Waals surface area contributed by atoms with E-state index >= 15 is 0 Å². The van der Waals surface area contributed by atoms with Gasteiger partial charge in [-0.1, -0.05) is 60.7 Å². The van der Waals surface area contributed by atoms with Crippen LogP contribution in [0.5, 0.6) is 11.8 Å². The van der Waals surface area contributed by atoms with Crippen molar-refractivity contribution in [2.24, 2.45) is 18.7 Å². The maximum atomic E-state index is 13.7. The van der Waals surface area contributed by atoms with E-state index in [1.807, 2.05) is 72.8 Å². The van der Waals surface area contributed by atoms with Crippen molar-refractivity contribution in [3.63, 3.8) is 0 Å². The van der Waals surface area contributed by atoms with Crippen LogP contribution in [0.4, 0.5) is 5.69 Å². The number of rotatable bonds is 9. The second-order valence-corrected chi connectivity index (χ2v) is 10.5. The van der Waals surface area contributed by atoms with Crippen molar-refractivity contribution in [3.05, 3.63) is 113 Å². The van der Waals surface area contributed by atoms with Crippen molar-refractivity contribution < 1.29 is 9.47 Å². The maximum absolute atomic E-state index is 13.7. The minimum absolute atomic E-state index is 0.164. The standard InChI is InChI=1S/C33H35N5O3/c1-36-30-20-27(37-18-16-24(21-34)17-19-37)12-13-28(30)38(33(36)39)29-14-15-31(40-22-25-8-4-2-5-9-25)35-32(29)41-23-26-10-6-3-7-11-26/h2-15,20,24H,16-19,21-23,34H2,1H3. The molecule has 210 valence electrons. The molecule has 3 heterocycles. The second kappa shape index (κ2) is 11.9. The first-order valence-electron chi connectivity index (χ1n) is 14.1. The van der Waals surface area contributed by atoms with Gasteiger partial charge in [0, 0.05) is 31.9 Å². The topological polar surface area (TPSA) is 87.5 Å². The molecule has 41 heavy (non-hydrogen) atoms. The van der Waals surface area contributed by atoms with Gasteiger partial charge in [-0.2, -0.15) is 4.98 Å². The highest BCUT2D eigenvalue weighted by molar-refractivity contribution is 5.82. The van der Waals surface area contributed by atoms with Gasteiger partial charge < -0.3 is 20.1 Å². The molecule has 1 aliphatic heterocycles. The van der Waals surface area contributed by atoms with E-state index < -0.39 is 0 Å². The molecular weight excluding hydrogens is 514 g/mol. The molecule has 0 aliphatic carbocycles. The molecule has 6 rings (SSSR count). The third kappa shape index (κ3) is 5.69. The van der Waals surface area contributed by atoms with E-state index in [9.17, 15) is 4.79 Å². The van der Waals surface area contributed by atoms with Gasteiger partial charge >= 0.3 is 5.69 Å². The normalized spacial score (nSPS) is 14.0. The molecule has 0 radical (unpaired) electrons. The molecule has 0 atom stereocenters.